The molecule has 1 fully saturated rings. The molecule has 2 rings (SSSR count). The predicted molar refractivity (Wildman–Crippen MR) is 97.9 cm³/mol. The summed E-state index contributed by atoms with van der Waals surface area (Å²) >= 11 is 6.21. The molecule has 5 heteroatoms. The monoisotopic (exact) mass is 353 g/mol. The minimum atomic E-state index is -0.723. The molecule has 2 atom stereocenters. The first-order valence-electron chi connectivity index (χ1n) is 8.88. The Balaban J connectivity index is 2.13. The van der Waals surface area contributed by atoms with Gasteiger partial charge in [0, 0.05) is 12.3 Å². The van der Waals surface area contributed by atoms with Crippen LogP contribution in [0.1, 0.15) is 52.9 Å². The molecule has 0 heterocycles. The van der Waals surface area contributed by atoms with Crippen molar-refractivity contribution in [3.63, 3.8) is 0 Å². The van der Waals surface area contributed by atoms with Gasteiger partial charge in [0.25, 0.3) is 5.91 Å². The number of benzene rings is 1. The molecule has 4 nitrogen and oxygen atoms in total. The van der Waals surface area contributed by atoms with E-state index in [0.717, 1.165) is 32.1 Å². The Morgan fingerprint density at radius 3 is 2.83 bits per heavy atom. The second-order valence-electron chi connectivity index (χ2n) is 6.58. The lowest BCUT2D eigenvalue weighted by atomic mass is 9.78. The van der Waals surface area contributed by atoms with E-state index in [1.807, 2.05) is 13.0 Å². The fourth-order valence-electron chi connectivity index (χ4n) is 3.30. The highest BCUT2D eigenvalue weighted by atomic mass is 35.5. The Morgan fingerprint density at radius 2 is 2.21 bits per heavy atom. The number of nitrogens with one attached hydrogen (secondary N) is 1. The third kappa shape index (κ3) is 4.64. The van der Waals surface area contributed by atoms with E-state index in [0.29, 0.717) is 35.6 Å². The van der Waals surface area contributed by atoms with E-state index in [-0.39, 0.29) is 5.91 Å². The average molecular weight is 354 g/mol. The smallest absolute Gasteiger partial charge is 0.256 e. The van der Waals surface area contributed by atoms with Gasteiger partial charge >= 0.3 is 0 Å². The van der Waals surface area contributed by atoms with Crippen LogP contribution in [-0.4, -0.2) is 24.7 Å². The van der Waals surface area contributed by atoms with Gasteiger partial charge in [-0.3, -0.25) is 4.79 Å². The molecule has 134 valence electrons. The lowest BCUT2D eigenvalue weighted by Gasteiger charge is -2.38. The topological polar surface area (TPSA) is 47.6 Å². The molecule has 1 aliphatic carbocycles. The Labute approximate surface area is 149 Å². The summed E-state index contributed by atoms with van der Waals surface area (Å²) in [6, 6.07) is 5.32. The molecule has 1 amide bonds. The highest BCUT2D eigenvalue weighted by Crippen LogP contribution is 2.37. The van der Waals surface area contributed by atoms with Gasteiger partial charge in [0.1, 0.15) is 11.4 Å². The Bertz CT molecular complexity index is 564. The van der Waals surface area contributed by atoms with Gasteiger partial charge in [0.15, 0.2) is 0 Å². The SMILES string of the molecule is CCCO[C@]1(C(=O)Nc2ccc(OCC)c(Cl)c2)CCC[C@H](C)C1. The molecule has 0 saturated heterocycles. The first-order chi connectivity index (χ1) is 11.5. The van der Waals surface area contributed by atoms with Gasteiger partial charge in [0.2, 0.25) is 0 Å². The number of hydrogen-bond acceptors (Lipinski definition) is 3. The second-order valence-corrected chi connectivity index (χ2v) is 6.98. The second kappa shape index (κ2) is 8.72. The van der Waals surface area contributed by atoms with Gasteiger partial charge in [-0.2, -0.15) is 0 Å². The molecule has 0 aromatic heterocycles. The molecule has 0 spiro atoms. The van der Waals surface area contributed by atoms with E-state index in [1.54, 1.807) is 12.1 Å². The first kappa shape index (κ1) is 19.1. The number of anilines is 1. The van der Waals surface area contributed by atoms with Crippen molar-refractivity contribution in [2.45, 2.75) is 58.5 Å². The van der Waals surface area contributed by atoms with E-state index in [4.69, 9.17) is 21.1 Å². The maximum Gasteiger partial charge on any atom is 0.256 e. The molecule has 1 aromatic rings. The number of halogens is 1. The zero-order valence-corrected chi connectivity index (χ0v) is 15.6. The van der Waals surface area contributed by atoms with Crippen molar-refractivity contribution in [3.05, 3.63) is 23.2 Å². The number of carbonyl (C=O) groups excluding carboxylic acids is 1. The number of ether oxygens (including phenoxy) is 2. The zero-order chi connectivity index (χ0) is 17.6. The minimum absolute atomic E-state index is 0.0669. The Kier molecular flexibility index (Phi) is 6.93. The fourth-order valence-corrected chi connectivity index (χ4v) is 3.53. The summed E-state index contributed by atoms with van der Waals surface area (Å²) in [5.74, 6) is 1.05. The van der Waals surface area contributed by atoms with Crippen molar-refractivity contribution < 1.29 is 14.3 Å². The van der Waals surface area contributed by atoms with Crippen LogP contribution in [0.3, 0.4) is 0 Å². The fraction of sp³-hybridized carbons (Fsp3) is 0.632. The molecular formula is C19H28ClNO3. The summed E-state index contributed by atoms with van der Waals surface area (Å²) < 4.78 is 11.5. The normalized spacial score (nSPS) is 23.8. The van der Waals surface area contributed by atoms with E-state index in [9.17, 15) is 4.79 Å². The van der Waals surface area contributed by atoms with Crippen LogP contribution in [0.4, 0.5) is 5.69 Å². The van der Waals surface area contributed by atoms with E-state index in [2.05, 4.69) is 19.2 Å². The predicted octanol–water partition coefficient (Wildman–Crippen LogP) is 5.05. The summed E-state index contributed by atoms with van der Waals surface area (Å²) in [6.07, 6.45) is 4.61. The number of hydrogen-bond donors (Lipinski definition) is 1. The number of rotatable bonds is 7. The lowest BCUT2D eigenvalue weighted by Crippen LogP contribution is -2.48. The molecule has 1 N–H and O–H groups in total. The summed E-state index contributed by atoms with van der Waals surface area (Å²) in [7, 11) is 0. The highest BCUT2D eigenvalue weighted by Gasteiger charge is 2.42. The van der Waals surface area contributed by atoms with Gasteiger partial charge in [-0.05, 0) is 56.7 Å². The maximum absolute atomic E-state index is 13.0. The molecular weight excluding hydrogens is 326 g/mol. The third-order valence-electron chi connectivity index (χ3n) is 4.44. The maximum atomic E-state index is 13.0. The van der Waals surface area contributed by atoms with Crippen LogP contribution in [-0.2, 0) is 9.53 Å². The average Bonchev–Trinajstić information content (AvgIpc) is 2.55. The van der Waals surface area contributed by atoms with Gasteiger partial charge < -0.3 is 14.8 Å². The molecule has 0 aliphatic heterocycles. The molecule has 24 heavy (non-hydrogen) atoms. The zero-order valence-electron chi connectivity index (χ0n) is 14.9. The highest BCUT2D eigenvalue weighted by molar-refractivity contribution is 6.32. The van der Waals surface area contributed by atoms with Crippen LogP contribution in [0.25, 0.3) is 0 Å². The Hall–Kier alpha value is -1.26. The summed E-state index contributed by atoms with van der Waals surface area (Å²) in [6.45, 7) is 7.31. The van der Waals surface area contributed by atoms with Gasteiger partial charge in [-0.25, -0.2) is 0 Å². The van der Waals surface area contributed by atoms with Gasteiger partial charge in [-0.15, -0.1) is 0 Å². The van der Waals surface area contributed by atoms with Crippen molar-refractivity contribution in [1.29, 1.82) is 0 Å². The standard InChI is InChI=1S/C19H28ClNO3/c1-4-11-24-19(10-6-7-14(3)13-19)18(22)21-15-8-9-17(23-5-2)16(20)12-15/h8-9,12,14H,4-7,10-11,13H2,1-3H3,(H,21,22)/t14-,19+/m0/s1. The van der Waals surface area contributed by atoms with Crippen molar-refractivity contribution in [1.82, 2.24) is 0 Å². The summed E-state index contributed by atoms with van der Waals surface area (Å²) in [5, 5.41) is 3.48. The van der Waals surface area contributed by atoms with Crippen molar-refractivity contribution in [2.75, 3.05) is 18.5 Å². The largest absolute Gasteiger partial charge is 0.492 e. The van der Waals surface area contributed by atoms with Crippen LogP contribution in [0, 0.1) is 5.92 Å². The van der Waals surface area contributed by atoms with E-state index in [1.165, 1.54) is 0 Å². The summed E-state index contributed by atoms with van der Waals surface area (Å²) in [4.78, 5) is 13.0. The van der Waals surface area contributed by atoms with Crippen molar-refractivity contribution in [2.24, 2.45) is 5.92 Å². The van der Waals surface area contributed by atoms with Crippen LogP contribution >= 0.6 is 11.6 Å². The molecule has 1 aromatic carbocycles. The lowest BCUT2D eigenvalue weighted by molar-refractivity contribution is -0.148. The molecule has 1 saturated carbocycles. The molecule has 0 bridgehead atoms. The molecule has 1 aliphatic rings. The third-order valence-corrected chi connectivity index (χ3v) is 4.74. The molecule has 0 radical (unpaired) electrons. The van der Waals surface area contributed by atoms with Crippen LogP contribution in [0.2, 0.25) is 5.02 Å². The Morgan fingerprint density at radius 1 is 1.42 bits per heavy atom. The minimum Gasteiger partial charge on any atom is -0.492 e. The van der Waals surface area contributed by atoms with Crippen molar-refractivity contribution >= 4 is 23.2 Å². The van der Waals surface area contributed by atoms with E-state index >= 15 is 0 Å². The summed E-state index contributed by atoms with van der Waals surface area (Å²) in [5.41, 5.74) is -0.0511. The van der Waals surface area contributed by atoms with Gasteiger partial charge in [-0.1, -0.05) is 31.9 Å². The first-order valence-corrected chi connectivity index (χ1v) is 9.26. The van der Waals surface area contributed by atoms with Crippen molar-refractivity contribution in [3.8, 4) is 5.75 Å². The van der Waals surface area contributed by atoms with Crippen LogP contribution < -0.4 is 10.1 Å². The van der Waals surface area contributed by atoms with E-state index < -0.39 is 5.60 Å². The van der Waals surface area contributed by atoms with Crippen LogP contribution in [0.5, 0.6) is 5.75 Å². The number of amides is 1. The van der Waals surface area contributed by atoms with Crippen LogP contribution in [0.15, 0.2) is 18.2 Å². The quantitative estimate of drug-likeness (QED) is 0.745. The van der Waals surface area contributed by atoms with Gasteiger partial charge in [0.05, 0.1) is 11.6 Å². The molecule has 0 unspecified atom stereocenters. The number of carbonyl (C=O) groups is 1.